The van der Waals surface area contributed by atoms with E-state index in [0.717, 1.165) is 39.0 Å². The van der Waals surface area contributed by atoms with Crippen LogP contribution >= 0.6 is 0 Å². The molecule has 0 N–H and O–H groups in total. The Kier molecular flexibility index (Phi) is 6.53. The van der Waals surface area contributed by atoms with Gasteiger partial charge in [0.2, 0.25) is 0 Å². The van der Waals surface area contributed by atoms with Crippen LogP contribution in [0.2, 0.25) is 0 Å². The fourth-order valence-electron chi connectivity index (χ4n) is 7.69. The van der Waals surface area contributed by atoms with Gasteiger partial charge in [-0.05, 0) is 97.0 Å². The highest BCUT2D eigenvalue weighted by Gasteiger charge is 2.21. The summed E-state index contributed by atoms with van der Waals surface area (Å²) in [5, 5.41) is 9.71. The molecule has 0 saturated heterocycles. The van der Waals surface area contributed by atoms with Gasteiger partial charge in [0.15, 0.2) is 5.58 Å². The Morgan fingerprint density at radius 3 is 1.82 bits per heavy atom. The second-order valence-corrected chi connectivity index (χ2v) is 12.9. The van der Waals surface area contributed by atoms with Gasteiger partial charge in [-0.25, -0.2) is 0 Å². The second kappa shape index (κ2) is 11.5. The number of anilines is 3. The van der Waals surface area contributed by atoms with Gasteiger partial charge in [0.25, 0.3) is 0 Å². The number of nitrogens with zero attached hydrogens (tertiary/aromatic N) is 1. The van der Waals surface area contributed by atoms with Crippen molar-refractivity contribution >= 4 is 71.3 Å². The van der Waals surface area contributed by atoms with Gasteiger partial charge in [-0.1, -0.05) is 146 Å². The molecule has 0 atom stereocenters. The van der Waals surface area contributed by atoms with Crippen molar-refractivity contribution in [1.29, 1.82) is 0 Å². The average Bonchev–Trinajstić information content (AvgIpc) is 3.58. The molecule has 2 heteroatoms. The molecule has 0 amide bonds. The van der Waals surface area contributed by atoms with E-state index in [1.54, 1.807) is 0 Å². The molecule has 10 aromatic rings. The van der Waals surface area contributed by atoms with Gasteiger partial charge in [0.1, 0.15) is 5.58 Å². The third-order valence-corrected chi connectivity index (χ3v) is 10.0. The zero-order valence-corrected chi connectivity index (χ0v) is 27.3. The molecule has 0 bridgehead atoms. The molecular weight excluding hydrogens is 607 g/mol. The lowest BCUT2D eigenvalue weighted by Crippen LogP contribution is -2.10. The van der Waals surface area contributed by atoms with Gasteiger partial charge in [-0.15, -0.1) is 0 Å². The molecule has 0 spiro atoms. The Bertz CT molecular complexity index is 2870. The number of rotatable bonds is 5. The zero-order chi connectivity index (χ0) is 33.0. The van der Waals surface area contributed by atoms with E-state index >= 15 is 0 Å². The van der Waals surface area contributed by atoms with Gasteiger partial charge < -0.3 is 9.32 Å². The van der Waals surface area contributed by atoms with Gasteiger partial charge in [0, 0.05) is 22.1 Å². The zero-order valence-electron chi connectivity index (χ0n) is 27.3. The summed E-state index contributed by atoms with van der Waals surface area (Å²) in [6, 6.07) is 67.3. The van der Waals surface area contributed by atoms with E-state index < -0.39 is 0 Å². The SMILES string of the molecule is c1ccc(N(c2ccc(-c3ccc4ccccc4c3)cc2)c2cccc3c2oc2cccc(-c4cccc5ccc6ccccc6c45)c23)cc1. The van der Waals surface area contributed by atoms with Crippen molar-refractivity contribution in [1.82, 2.24) is 0 Å². The molecular formula is C48H31NO. The van der Waals surface area contributed by atoms with Gasteiger partial charge >= 0.3 is 0 Å². The van der Waals surface area contributed by atoms with Crippen molar-refractivity contribution in [3.8, 4) is 22.3 Å². The molecule has 234 valence electrons. The molecule has 0 aliphatic rings. The van der Waals surface area contributed by atoms with E-state index in [-0.39, 0.29) is 0 Å². The number of para-hydroxylation sites is 2. The van der Waals surface area contributed by atoms with Gasteiger partial charge in [-0.3, -0.25) is 0 Å². The summed E-state index contributed by atoms with van der Waals surface area (Å²) in [5.74, 6) is 0. The number of benzene rings is 9. The van der Waals surface area contributed by atoms with Crippen LogP contribution in [0.3, 0.4) is 0 Å². The quantitative estimate of drug-likeness (QED) is 0.175. The van der Waals surface area contributed by atoms with Crippen LogP contribution in [0.1, 0.15) is 0 Å². The Morgan fingerprint density at radius 1 is 0.360 bits per heavy atom. The van der Waals surface area contributed by atoms with Crippen LogP contribution in [0.25, 0.3) is 76.5 Å². The molecule has 0 aliphatic heterocycles. The van der Waals surface area contributed by atoms with E-state index in [2.05, 4.69) is 193 Å². The molecule has 9 aromatic carbocycles. The molecule has 0 unspecified atom stereocenters. The Morgan fingerprint density at radius 2 is 0.960 bits per heavy atom. The number of furan rings is 1. The molecule has 0 radical (unpaired) electrons. The minimum Gasteiger partial charge on any atom is -0.454 e. The summed E-state index contributed by atoms with van der Waals surface area (Å²) in [6.07, 6.45) is 0. The lowest BCUT2D eigenvalue weighted by atomic mass is 9.91. The van der Waals surface area contributed by atoms with E-state index in [4.69, 9.17) is 4.42 Å². The third-order valence-electron chi connectivity index (χ3n) is 10.0. The largest absolute Gasteiger partial charge is 0.454 e. The molecule has 10 rings (SSSR count). The van der Waals surface area contributed by atoms with E-state index in [1.165, 1.54) is 54.6 Å². The Labute approximate surface area is 290 Å². The summed E-state index contributed by atoms with van der Waals surface area (Å²) in [6.45, 7) is 0. The summed E-state index contributed by atoms with van der Waals surface area (Å²) in [7, 11) is 0. The molecule has 0 fully saturated rings. The van der Waals surface area contributed by atoms with Crippen LogP contribution in [-0.4, -0.2) is 0 Å². The average molecular weight is 638 g/mol. The predicted molar refractivity (Wildman–Crippen MR) is 212 cm³/mol. The highest BCUT2D eigenvalue weighted by Crippen LogP contribution is 2.46. The van der Waals surface area contributed by atoms with Crippen molar-refractivity contribution in [2.24, 2.45) is 0 Å². The fourth-order valence-corrected chi connectivity index (χ4v) is 7.69. The maximum absolute atomic E-state index is 6.86. The van der Waals surface area contributed by atoms with Gasteiger partial charge in [-0.2, -0.15) is 0 Å². The normalized spacial score (nSPS) is 11.6. The van der Waals surface area contributed by atoms with Crippen LogP contribution in [0.15, 0.2) is 192 Å². The maximum Gasteiger partial charge on any atom is 0.159 e. The molecule has 0 aliphatic carbocycles. The maximum atomic E-state index is 6.86. The smallest absolute Gasteiger partial charge is 0.159 e. The van der Waals surface area contributed by atoms with Gasteiger partial charge in [0.05, 0.1) is 5.69 Å². The summed E-state index contributed by atoms with van der Waals surface area (Å²) in [5.41, 5.74) is 9.64. The lowest BCUT2D eigenvalue weighted by Gasteiger charge is -2.25. The van der Waals surface area contributed by atoms with Crippen molar-refractivity contribution in [3.63, 3.8) is 0 Å². The van der Waals surface area contributed by atoms with Crippen LogP contribution < -0.4 is 4.90 Å². The first-order chi connectivity index (χ1) is 24.8. The Balaban J connectivity index is 1.16. The topological polar surface area (TPSA) is 16.4 Å². The van der Waals surface area contributed by atoms with Crippen LogP contribution in [-0.2, 0) is 0 Å². The van der Waals surface area contributed by atoms with Crippen molar-refractivity contribution in [2.75, 3.05) is 4.90 Å². The summed E-state index contributed by atoms with van der Waals surface area (Å²) < 4.78 is 6.86. The Hall–Kier alpha value is -6.64. The minimum absolute atomic E-state index is 0.863. The number of hydrogen-bond acceptors (Lipinski definition) is 2. The van der Waals surface area contributed by atoms with E-state index in [9.17, 15) is 0 Å². The monoisotopic (exact) mass is 637 g/mol. The van der Waals surface area contributed by atoms with Crippen molar-refractivity contribution < 1.29 is 4.42 Å². The lowest BCUT2D eigenvalue weighted by molar-refractivity contribution is 0.669. The molecule has 2 nitrogen and oxygen atoms in total. The van der Waals surface area contributed by atoms with E-state index in [1.807, 2.05) is 0 Å². The molecule has 0 saturated carbocycles. The van der Waals surface area contributed by atoms with E-state index in [0.29, 0.717) is 0 Å². The number of hydrogen-bond donors (Lipinski definition) is 0. The van der Waals surface area contributed by atoms with Crippen LogP contribution in [0.4, 0.5) is 17.1 Å². The first-order valence-corrected chi connectivity index (χ1v) is 17.1. The summed E-state index contributed by atoms with van der Waals surface area (Å²) in [4.78, 5) is 2.31. The van der Waals surface area contributed by atoms with Crippen LogP contribution in [0, 0.1) is 0 Å². The first-order valence-electron chi connectivity index (χ1n) is 17.1. The minimum atomic E-state index is 0.863. The summed E-state index contributed by atoms with van der Waals surface area (Å²) >= 11 is 0. The first kappa shape index (κ1) is 28.4. The molecule has 50 heavy (non-hydrogen) atoms. The van der Waals surface area contributed by atoms with Crippen molar-refractivity contribution in [3.05, 3.63) is 188 Å². The fraction of sp³-hybridized carbons (Fsp3) is 0. The molecule has 1 heterocycles. The predicted octanol–water partition coefficient (Wildman–Crippen LogP) is 13.8. The standard InChI is InChI=1S/C48H31NO/c1-2-15-38(16-3-1)49(39-29-27-33(28-30-39)37-26-23-32-11-4-5-13-36(32)31-37)44-21-9-20-43-47-42(19-10-22-45(47)50-48(43)44)41-18-8-14-35-25-24-34-12-6-7-17-40(34)46(35)41/h1-31H. The highest BCUT2D eigenvalue weighted by molar-refractivity contribution is 6.21. The van der Waals surface area contributed by atoms with Crippen LogP contribution in [0.5, 0.6) is 0 Å². The number of fused-ring (bicyclic) bond motifs is 7. The second-order valence-electron chi connectivity index (χ2n) is 12.9. The highest BCUT2D eigenvalue weighted by atomic mass is 16.3. The third kappa shape index (κ3) is 4.57. The van der Waals surface area contributed by atoms with Crippen molar-refractivity contribution in [2.45, 2.75) is 0 Å². The molecule has 1 aromatic heterocycles.